The minimum absolute atomic E-state index is 0.0535. The van der Waals surface area contributed by atoms with E-state index in [1.54, 1.807) is 36.2 Å². The number of aromatic nitrogens is 8. The van der Waals surface area contributed by atoms with Gasteiger partial charge < -0.3 is 34.1 Å². The average molecular weight is 1030 g/mol. The van der Waals surface area contributed by atoms with E-state index in [0.717, 1.165) is 22.3 Å². The van der Waals surface area contributed by atoms with Crippen LogP contribution >= 0.6 is 22.9 Å². The third kappa shape index (κ3) is 10.00. The smallest absolute Gasteiger partial charge is 0.330 e. The molecule has 22 heteroatoms. The highest BCUT2D eigenvalue weighted by atomic mass is 35.5. The molecule has 0 saturated carbocycles. The molecule has 1 aliphatic heterocycles. The van der Waals surface area contributed by atoms with Crippen molar-refractivity contribution < 1.29 is 37.9 Å². The molecule has 7 heterocycles. The van der Waals surface area contributed by atoms with E-state index < -0.39 is 23.7 Å². The molecular weight excluding hydrogens is 978 g/mol. The first-order valence-electron chi connectivity index (χ1n) is 23.4. The van der Waals surface area contributed by atoms with Crippen molar-refractivity contribution in [1.29, 1.82) is 0 Å². The number of ether oxygens (including phenoxy) is 4. The zero-order valence-electron chi connectivity index (χ0n) is 41.1. The zero-order valence-corrected chi connectivity index (χ0v) is 42.7. The topological polar surface area (TPSA) is 234 Å². The number of esters is 1. The summed E-state index contributed by atoms with van der Waals surface area (Å²) in [5, 5.41) is 20.5. The fourth-order valence-corrected chi connectivity index (χ4v) is 10.5. The van der Waals surface area contributed by atoms with Gasteiger partial charge in [-0.05, 0) is 76.6 Å². The van der Waals surface area contributed by atoms with E-state index in [0.29, 0.717) is 82.7 Å². The molecular formula is C51H52ClN11O9S. The van der Waals surface area contributed by atoms with E-state index in [1.807, 2.05) is 81.7 Å². The molecule has 0 fully saturated rings. The van der Waals surface area contributed by atoms with Crippen molar-refractivity contribution in [3.8, 4) is 21.9 Å². The number of imidazole rings is 1. The molecule has 0 radical (unpaired) electrons. The number of carbonyl (C=O) groups is 3. The van der Waals surface area contributed by atoms with Crippen LogP contribution in [0.3, 0.4) is 0 Å². The molecule has 73 heavy (non-hydrogen) atoms. The minimum Gasteiger partial charge on any atom is -0.496 e. The zero-order chi connectivity index (χ0) is 51.5. The van der Waals surface area contributed by atoms with E-state index in [2.05, 4.69) is 31.0 Å². The minimum atomic E-state index is -0.691. The van der Waals surface area contributed by atoms with Crippen molar-refractivity contribution in [3.05, 3.63) is 133 Å². The van der Waals surface area contributed by atoms with Crippen molar-refractivity contribution in [2.75, 3.05) is 53.7 Å². The molecule has 0 aliphatic carbocycles. The van der Waals surface area contributed by atoms with Gasteiger partial charge in [-0.2, -0.15) is 0 Å². The van der Waals surface area contributed by atoms with Crippen molar-refractivity contribution in [2.24, 2.45) is 4.99 Å². The number of benzene rings is 2. The van der Waals surface area contributed by atoms with Gasteiger partial charge in [0.1, 0.15) is 34.9 Å². The maximum atomic E-state index is 14.4. The number of pyridine rings is 2. The first-order chi connectivity index (χ1) is 35.3. The number of amides is 2. The molecule has 20 nitrogen and oxygen atoms in total. The van der Waals surface area contributed by atoms with E-state index in [1.165, 1.54) is 23.0 Å². The number of nitrogens with zero attached hydrogens (tertiary/aromatic N) is 9. The Bertz CT molecular complexity index is 3450. The average Bonchev–Trinajstić information content (AvgIpc) is 4.10. The number of halogens is 1. The summed E-state index contributed by atoms with van der Waals surface area (Å²) in [6, 6.07) is 15.3. The second-order valence-corrected chi connectivity index (χ2v) is 18.7. The van der Waals surface area contributed by atoms with Crippen LogP contribution in [0.4, 0.5) is 0 Å². The summed E-state index contributed by atoms with van der Waals surface area (Å²) >= 11 is 7.53. The van der Waals surface area contributed by atoms with Crippen LogP contribution in [0.15, 0.2) is 81.3 Å². The number of aliphatic imine (C=N–C) groups is 1. The maximum absolute atomic E-state index is 14.4. The van der Waals surface area contributed by atoms with Crippen LogP contribution in [-0.2, 0) is 30.3 Å². The molecule has 0 bridgehead atoms. The fraction of sp³-hybridized carbons (Fsp3) is 0.333. The van der Waals surface area contributed by atoms with Gasteiger partial charge in [-0.1, -0.05) is 35.0 Å². The highest BCUT2D eigenvalue weighted by molar-refractivity contribution is 7.17. The number of thiophene rings is 1. The number of hydrogen-bond donors (Lipinski definition) is 2. The molecule has 378 valence electrons. The van der Waals surface area contributed by atoms with Gasteiger partial charge in [-0.15, -0.1) is 21.5 Å². The lowest BCUT2D eigenvalue weighted by Gasteiger charge is -2.15. The lowest BCUT2D eigenvalue weighted by molar-refractivity contribution is -0.141. The fourth-order valence-electron chi connectivity index (χ4n) is 9.05. The first-order valence-corrected chi connectivity index (χ1v) is 24.6. The Morgan fingerprint density at radius 3 is 2.36 bits per heavy atom. The van der Waals surface area contributed by atoms with Crippen LogP contribution in [0.5, 0.6) is 5.75 Å². The van der Waals surface area contributed by atoms with Crippen LogP contribution in [0.25, 0.3) is 38.1 Å². The molecule has 9 rings (SSSR count). The van der Waals surface area contributed by atoms with Crippen molar-refractivity contribution in [3.63, 3.8) is 0 Å². The molecule has 6 aromatic heterocycles. The third-order valence-corrected chi connectivity index (χ3v) is 14.1. The number of methoxy groups -OCH3 is 2. The van der Waals surface area contributed by atoms with Crippen LogP contribution in [0.1, 0.15) is 80.6 Å². The van der Waals surface area contributed by atoms with Gasteiger partial charge in [0.25, 0.3) is 5.91 Å². The second kappa shape index (κ2) is 21.6. The lowest BCUT2D eigenvalue weighted by Crippen LogP contribution is -2.35. The summed E-state index contributed by atoms with van der Waals surface area (Å²) < 4.78 is 32.7. The summed E-state index contributed by atoms with van der Waals surface area (Å²) in [5.74, 6) is 1.08. The SMILES string of the molecule is COC(=O)C[C@@H]1N=C(c2ccc(Cl)cc2)c2c(sc(C(=O)NCCOCCOCCNC(=O)Cn3c(=O)n(C(C)c4ccccn4)c4c5cc(OC)c(-c6c(C)noc6C)cc5ncc43)c2C)-n2c(C)nnc21. The number of fused-ring (bicyclic) bond motifs is 6. The Kier molecular flexibility index (Phi) is 14.9. The normalized spacial score (nSPS) is 13.6. The summed E-state index contributed by atoms with van der Waals surface area (Å²) in [5.41, 5.74) is 6.95. The van der Waals surface area contributed by atoms with Crippen LogP contribution in [0, 0.1) is 27.7 Å². The second-order valence-electron chi connectivity index (χ2n) is 17.2. The summed E-state index contributed by atoms with van der Waals surface area (Å²) in [6.07, 6.45) is 3.23. The molecule has 2 amide bonds. The number of hydrogen-bond acceptors (Lipinski definition) is 16. The van der Waals surface area contributed by atoms with Gasteiger partial charge in [-0.25, -0.2) is 4.79 Å². The Hall–Kier alpha value is -7.59. The third-order valence-electron chi connectivity index (χ3n) is 12.6. The van der Waals surface area contributed by atoms with E-state index in [-0.39, 0.29) is 64.3 Å². The van der Waals surface area contributed by atoms with Crippen LogP contribution < -0.4 is 21.1 Å². The Balaban J connectivity index is 0.803. The molecule has 2 N–H and O–H groups in total. The predicted octanol–water partition coefficient (Wildman–Crippen LogP) is 6.58. The largest absolute Gasteiger partial charge is 0.496 e. The van der Waals surface area contributed by atoms with Crippen molar-refractivity contribution >= 4 is 68.4 Å². The molecule has 2 atom stereocenters. The standard InChI is InChI=1S/C51H52ClN11O9S/c1-27-43-45(32-11-13-33(52)14-12-32)57-38(24-42(65)69-7)48-59-58-31(5)63(48)50(43)73-47(27)49(66)55-17-19-71-21-20-70-18-16-54-41(64)26-61-39-25-56-37-22-35(44-28(2)60-72-30(44)4)40(68-6)23-34(37)46(39)62(51(61)67)29(3)36-10-8-9-15-53-36/h8-15,22-23,25,29,38H,16-21,24,26H2,1-7H3,(H,54,64)(H,55,66)/t29?,38-/m0/s1. The first kappa shape index (κ1) is 50.4. The maximum Gasteiger partial charge on any atom is 0.330 e. The molecule has 2 aromatic carbocycles. The van der Waals surface area contributed by atoms with E-state index in [9.17, 15) is 19.2 Å². The highest BCUT2D eigenvalue weighted by Crippen LogP contribution is 2.41. The number of rotatable bonds is 19. The summed E-state index contributed by atoms with van der Waals surface area (Å²) in [6.45, 7) is 10.3. The van der Waals surface area contributed by atoms with Gasteiger partial charge in [-0.3, -0.25) is 43.0 Å². The lowest BCUT2D eigenvalue weighted by atomic mass is 9.99. The highest BCUT2D eigenvalue weighted by Gasteiger charge is 2.34. The van der Waals surface area contributed by atoms with E-state index in [4.69, 9.17) is 45.0 Å². The van der Waals surface area contributed by atoms with E-state index >= 15 is 0 Å². The molecule has 8 aromatic rings. The van der Waals surface area contributed by atoms with Crippen molar-refractivity contribution in [1.82, 2.24) is 49.7 Å². The number of carbonyl (C=O) groups excluding carboxylic acids is 3. The Morgan fingerprint density at radius 2 is 1.67 bits per heavy atom. The van der Waals surface area contributed by atoms with Gasteiger partial charge in [0.2, 0.25) is 5.91 Å². The molecule has 1 aliphatic rings. The quantitative estimate of drug-likeness (QED) is 0.0643. The van der Waals surface area contributed by atoms with Gasteiger partial charge in [0.05, 0.1) is 103 Å². The molecule has 1 unspecified atom stereocenters. The Morgan fingerprint density at radius 1 is 0.918 bits per heavy atom. The van der Waals surface area contributed by atoms with Crippen molar-refractivity contribution in [2.45, 2.75) is 59.7 Å². The molecule has 0 spiro atoms. The van der Waals surface area contributed by atoms with Gasteiger partial charge in [0.15, 0.2) is 5.82 Å². The monoisotopic (exact) mass is 1030 g/mol. The van der Waals surface area contributed by atoms with Crippen LogP contribution in [-0.4, -0.2) is 116 Å². The van der Waals surface area contributed by atoms with Gasteiger partial charge >= 0.3 is 11.7 Å². The number of nitrogens with one attached hydrogen (secondary N) is 2. The molecule has 0 saturated heterocycles. The Labute approximate surface area is 427 Å². The summed E-state index contributed by atoms with van der Waals surface area (Å²) in [4.78, 5) is 68.9. The van der Waals surface area contributed by atoms with Gasteiger partial charge in [0, 0.05) is 46.4 Å². The predicted molar refractivity (Wildman–Crippen MR) is 273 cm³/mol. The van der Waals surface area contributed by atoms with Crippen LogP contribution in [0.2, 0.25) is 5.02 Å². The number of aryl methyl sites for hydroxylation is 3. The summed E-state index contributed by atoms with van der Waals surface area (Å²) in [7, 11) is 2.90.